The van der Waals surface area contributed by atoms with E-state index in [1.807, 2.05) is 12.1 Å². The summed E-state index contributed by atoms with van der Waals surface area (Å²) in [5, 5.41) is -0.669. The van der Waals surface area contributed by atoms with Crippen LogP contribution < -0.4 is 10.5 Å². The maximum Gasteiger partial charge on any atom is 0.417 e. The first-order valence-electron chi connectivity index (χ1n) is 8.09. The van der Waals surface area contributed by atoms with Crippen molar-refractivity contribution in [1.82, 2.24) is 4.98 Å². The molecule has 0 bridgehead atoms. The van der Waals surface area contributed by atoms with E-state index in [-0.39, 0.29) is 16.7 Å². The molecule has 0 saturated carbocycles. The van der Waals surface area contributed by atoms with Crippen molar-refractivity contribution in [3.63, 3.8) is 0 Å². The lowest BCUT2D eigenvalue weighted by Gasteiger charge is -2.10. The highest BCUT2D eigenvalue weighted by Gasteiger charge is 2.31. The minimum atomic E-state index is -4.47. The first-order chi connectivity index (χ1) is 13.2. The molecule has 3 rings (SSSR count). The van der Waals surface area contributed by atoms with E-state index in [1.54, 1.807) is 6.07 Å². The zero-order valence-corrected chi connectivity index (χ0v) is 16.0. The number of carbonyl (C=O) groups is 2. The summed E-state index contributed by atoms with van der Waals surface area (Å²) in [4.78, 5) is 22.9. The summed E-state index contributed by atoms with van der Waals surface area (Å²) >= 11 is 6.62. The summed E-state index contributed by atoms with van der Waals surface area (Å²) in [5.41, 5.74) is 6.24. The number of pyridine rings is 1. The third kappa shape index (κ3) is 6.42. The molecule has 1 aliphatic rings. The number of hydrogen-bond acceptors (Lipinski definition) is 5. The molecule has 0 aliphatic heterocycles. The van der Waals surface area contributed by atoms with Gasteiger partial charge in [0.05, 0.1) is 11.3 Å². The van der Waals surface area contributed by atoms with E-state index in [2.05, 4.69) is 10.7 Å². The number of fused-ring (bicyclic) bond motifs is 1. The number of rotatable bonds is 4. The Labute approximate surface area is 168 Å². The van der Waals surface area contributed by atoms with Crippen molar-refractivity contribution in [3.05, 3.63) is 52.2 Å². The number of primary amides is 1. The second-order valence-corrected chi connectivity index (χ2v) is 7.12. The molecule has 2 N–H and O–H groups in total. The van der Waals surface area contributed by atoms with E-state index in [9.17, 15) is 22.8 Å². The predicted molar refractivity (Wildman–Crippen MR) is 101 cm³/mol. The number of carbonyl (C=O) groups excluding carboxylic acids is 2. The van der Waals surface area contributed by atoms with Crippen molar-refractivity contribution in [2.24, 2.45) is 5.73 Å². The molecule has 0 unspecified atom stereocenters. The first-order valence-corrected chi connectivity index (χ1v) is 9.45. The third-order valence-corrected chi connectivity index (χ3v) is 4.57. The molecule has 150 valence electrons. The number of aldehydes is 1. The standard InChI is InChI=1S/C15H11ClF3NO.C3H5NO2S/c16-13-7-11(15(17,18)19)8-20-14(13)21-12-5-4-9-2-1-3-10(9)6-12;4-3(6)7-2-1-5/h4-8H,1-3H2;1H,2H2,(H2,4,6). The zero-order valence-electron chi connectivity index (χ0n) is 14.5. The zero-order chi connectivity index (χ0) is 20.7. The third-order valence-electron chi connectivity index (χ3n) is 3.71. The van der Waals surface area contributed by atoms with Crippen LogP contribution in [0.15, 0.2) is 30.5 Å². The molecule has 1 aromatic carbocycles. The van der Waals surface area contributed by atoms with E-state index in [0.29, 0.717) is 18.2 Å². The van der Waals surface area contributed by atoms with Crippen LogP contribution in [0.2, 0.25) is 5.02 Å². The molecule has 0 saturated heterocycles. The maximum absolute atomic E-state index is 12.5. The maximum atomic E-state index is 12.5. The fourth-order valence-corrected chi connectivity index (χ4v) is 2.93. The van der Waals surface area contributed by atoms with E-state index in [1.165, 1.54) is 11.1 Å². The van der Waals surface area contributed by atoms with E-state index >= 15 is 0 Å². The second-order valence-electron chi connectivity index (χ2n) is 5.69. The molecule has 10 heteroatoms. The fourth-order valence-electron chi connectivity index (χ4n) is 2.49. The minimum Gasteiger partial charge on any atom is -0.438 e. The Morgan fingerprint density at radius 3 is 2.57 bits per heavy atom. The van der Waals surface area contributed by atoms with Gasteiger partial charge in [-0.05, 0) is 48.6 Å². The van der Waals surface area contributed by atoms with Gasteiger partial charge in [0.15, 0.2) is 0 Å². The Kier molecular flexibility index (Phi) is 7.70. The molecular formula is C18H16ClF3N2O3S. The van der Waals surface area contributed by atoms with Crippen LogP contribution in [0.1, 0.15) is 23.1 Å². The first kappa shape index (κ1) is 22.0. The number of benzene rings is 1. The molecule has 5 nitrogen and oxygen atoms in total. The lowest BCUT2D eigenvalue weighted by Crippen LogP contribution is -2.05. The highest BCUT2D eigenvalue weighted by molar-refractivity contribution is 8.14. The highest BCUT2D eigenvalue weighted by Crippen LogP contribution is 2.35. The number of hydrogen-bond donors (Lipinski definition) is 1. The Hall–Kier alpha value is -2.26. The molecule has 2 aromatic rings. The smallest absolute Gasteiger partial charge is 0.417 e. The molecule has 0 fully saturated rings. The van der Waals surface area contributed by atoms with Gasteiger partial charge in [-0.25, -0.2) is 4.98 Å². The normalized spacial score (nSPS) is 12.6. The van der Waals surface area contributed by atoms with Crippen molar-refractivity contribution in [2.75, 3.05) is 5.75 Å². The van der Waals surface area contributed by atoms with Crippen molar-refractivity contribution in [3.8, 4) is 11.6 Å². The van der Waals surface area contributed by atoms with Crippen molar-refractivity contribution >= 4 is 34.9 Å². The summed E-state index contributed by atoms with van der Waals surface area (Å²) in [6, 6.07) is 6.45. The topological polar surface area (TPSA) is 82.3 Å². The van der Waals surface area contributed by atoms with Crippen LogP contribution in [0.4, 0.5) is 18.0 Å². The molecule has 1 aliphatic carbocycles. The van der Waals surface area contributed by atoms with Gasteiger partial charge in [-0.1, -0.05) is 29.4 Å². The van der Waals surface area contributed by atoms with Crippen LogP contribution in [0.25, 0.3) is 0 Å². The van der Waals surface area contributed by atoms with Crippen LogP contribution in [0, 0.1) is 0 Å². The van der Waals surface area contributed by atoms with Gasteiger partial charge >= 0.3 is 6.18 Å². The summed E-state index contributed by atoms with van der Waals surface area (Å²) in [7, 11) is 0. The van der Waals surface area contributed by atoms with Gasteiger partial charge in [0, 0.05) is 6.20 Å². The molecule has 28 heavy (non-hydrogen) atoms. The largest absolute Gasteiger partial charge is 0.438 e. The van der Waals surface area contributed by atoms with Gasteiger partial charge in [0.2, 0.25) is 5.88 Å². The molecule has 0 spiro atoms. The van der Waals surface area contributed by atoms with Gasteiger partial charge in [0.25, 0.3) is 5.24 Å². The quantitative estimate of drug-likeness (QED) is 0.685. The average molecular weight is 433 g/mol. The summed E-state index contributed by atoms with van der Waals surface area (Å²) in [6.45, 7) is 0. The average Bonchev–Trinajstić information content (AvgIpc) is 3.09. The van der Waals surface area contributed by atoms with E-state index < -0.39 is 17.0 Å². The van der Waals surface area contributed by atoms with Gasteiger partial charge in [-0.2, -0.15) is 13.2 Å². The number of ether oxygens (including phenoxy) is 1. The number of thioether (sulfide) groups is 1. The highest BCUT2D eigenvalue weighted by atomic mass is 35.5. The Balaban J connectivity index is 0.000000345. The Morgan fingerprint density at radius 1 is 1.29 bits per heavy atom. The Morgan fingerprint density at radius 2 is 2.00 bits per heavy atom. The predicted octanol–water partition coefficient (Wildman–Crippen LogP) is 5.03. The fraction of sp³-hybridized carbons (Fsp3) is 0.278. The van der Waals surface area contributed by atoms with E-state index in [4.69, 9.17) is 16.3 Å². The SMILES string of the molecule is FC(F)(F)c1cnc(Oc2ccc3c(c2)CCC3)c(Cl)c1.NC(=O)SCC=O. The van der Waals surface area contributed by atoms with Crippen LogP contribution in [0.3, 0.4) is 0 Å². The summed E-state index contributed by atoms with van der Waals surface area (Å²) in [5.74, 6) is 0.669. The monoisotopic (exact) mass is 432 g/mol. The number of alkyl halides is 3. The van der Waals surface area contributed by atoms with Crippen LogP contribution in [-0.2, 0) is 23.8 Å². The van der Waals surface area contributed by atoms with Gasteiger partial charge in [-0.3, -0.25) is 4.79 Å². The van der Waals surface area contributed by atoms with Crippen LogP contribution in [0.5, 0.6) is 11.6 Å². The molecule has 1 amide bonds. The molecule has 0 atom stereocenters. The van der Waals surface area contributed by atoms with Gasteiger partial charge < -0.3 is 15.3 Å². The molecule has 1 heterocycles. The van der Waals surface area contributed by atoms with Gasteiger partial charge in [-0.15, -0.1) is 0 Å². The molecular weight excluding hydrogens is 417 g/mol. The number of nitrogens with zero attached hydrogens (tertiary/aromatic N) is 1. The molecule has 1 aromatic heterocycles. The number of amides is 1. The Bertz CT molecular complexity index is 862. The summed E-state index contributed by atoms with van der Waals surface area (Å²) < 4.78 is 43.1. The van der Waals surface area contributed by atoms with Crippen molar-refractivity contribution < 1.29 is 27.5 Å². The number of halogens is 4. The number of aromatic nitrogens is 1. The van der Waals surface area contributed by atoms with E-state index in [0.717, 1.165) is 37.1 Å². The number of aryl methyl sites for hydroxylation is 2. The second kappa shape index (κ2) is 9.79. The lowest BCUT2D eigenvalue weighted by atomic mass is 10.1. The van der Waals surface area contributed by atoms with Crippen molar-refractivity contribution in [1.29, 1.82) is 0 Å². The lowest BCUT2D eigenvalue weighted by molar-refractivity contribution is -0.137. The van der Waals surface area contributed by atoms with Crippen LogP contribution in [-0.4, -0.2) is 22.3 Å². The number of nitrogens with two attached hydrogens (primary N) is 1. The van der Waals surface area contributed by atoms with Gasteiger partial charge in [0.1, 0.15) is 17.1 Å². The van der Waals surface area contributed by atoms with Crippen LogP contribution >= 0.6 is 23.4 Å². The summed E-state index contributed by atoms with van der Waals surface area (Å²) in [6.07, 6.45) is 0.0282. The molecule has 0 radical (unpaired) electrons. The van der Waals surface area contributed by atoms with Crippen molar-refractivity contribution in [2.45, 2.75) is 25.4 Å². The minimum absolute atomic E-state index is 0.0254.